The SMILES string of the molecule is COc1ccc(/C=C/C(=O)OCC(=O)Nc2ccc(C)cc2C)c(OC)c1. The van der Waals surface area contributed by atoms with Crippen molar-refractivity contribution < 1.29 is 23.8 Å². The monoisotopic (exact) mass is 369 g/mol. The summed E-state index contributed by atoms with van der Waals surface area (Å²) in [6.45, 7) is 3.51. The van der Waals surface area contributed by atoms with Crippen molar-refractivity contribution >= 4 is 23.6 Å². The fourth-order valence-electron chi connectivity index (χ4n) is 2.44. The van der Waals surface area contributed by atoms with Gasteiger partial charge in [0.25, 0.3) is 5.91 Å². The first-order valence-electron chi connectivity index (χ1n) is 8.37. The van der Waals surface area contributed by atoms with E-state index in [2.05, 4.69) is 5.32 Å². The first-order valence-corrected chi connectivity index (χ1v) is 8.37. The number of rotatable bonds is 7. The van der Waals surface area contributed by atoms with Gasteiger partial charge < -0.3 is 19.5 Å². The summed E-state index contributed by atoms with van der Waals surface area (Å²) in [6.07, 6.45) is 2.80. The van der Waals surface area contributed by atoms with Crippen molar-refractivity contribution in [1.29, 1.82) is 0 Å². The third-order valence-electron chi connectivity index (χ3n) is 3.84. The van der Waals surface area contributed by atoms with Crippen LogP contribution < -0.4 is 14.8 Å². The van der Waals surface area contributed by atoms with Crippen LogP contribution in [0.4, 0.5) is 5.69 Å². The van der Waals surface area contributed by atoms with Crippen molar-refractivity contribution in [2.24, 2.45) is 0 Å². The van der Waals surface area contributed by atoms with Gasteiger partial charge in [0.2, 0.25) is 0 Å². The third kappa shape index (κ3) is 5.88. The van der Waals surface area contributed by atoms with E-state index >= 15 is 0 Å². The Balaban J connectivity index is 1.90. The summed E-state index contributed by atoms with van der Waals surface area (Å²) in [7, 11) is 3.09. The predicted octanol–water partition coefficient (Wildman–Crippen LogP) is 3.52. The average Bonchev–Trinajstić information content (AvgIpc) is 2.66. The van der Waals surface area contributed by atoms with Gasteiger partial charge in [-0.2, -0.15) is 0 Å². The largest absolute Gasteiger partial charge is 0.497 e. The van der Waals surface area contributed by atoms with E-state index in [4.69, 9.17) is 14.2 Å². The summed E-state index contributed by atoms with van der Waals surface area (Å²) >= 11 is 0. The molecule has 0 saturated heterocycles. The summed E-state index contributed by atoms with van der Waals surface area (Å²) in [4.78, 5) is 23.8. The molecular formula is C21H23NO5. The van der Waals surface area contributed by atoms with Crippen LogP contribution in [0.1, 0.15) is 16.7 Å². The van der Waals surface area contributed by atoms with E-state index in [0.29, 0.717) is 22.7 Å². The van der Waals surface area contributed by atoms with Gasteiger partial charge in [0, 0.05) is 23.4 Å². The first-order chi connectivity index (χ1) is 12.9. The van der Waals surface area contributed by atoms with Crippen LogP contribution in [0.5, 0.6) is 11.5 Å². The smallest absolute Gasteiger partial charge is 0.331 e. The second-order valence-electron chi connectivity index (χ2n) is 5.92. The summed E-state index contributed by atoms with van der Waals surface area (Å²) in [5.74, 6) is 0.190. The molecule has 0 spiro atoms. The maximum atomic E-state index is 12.0. The van der Waals surface area contributed by atoms with Crippen LogP contribution in [0, 0.1) is 13.8 Å². The fourth-order valence-corrected chi connectivity index (χ4v) is 2.44. The number of aryl methyl sites for hydroxylation is 2. The number of anilines is 1. The molecule has 2 aromatic carbocycles. The Kier molecular flexibility index (Phi) is 7.00. The number of ether oxygens (including phenoxy) is 3. The van der Waals surface area contributed by atoms with Gasteiger partial charge in [-0.05, 0) is 43.7 Å². The molecule has 27 heavy (non-hydrogen) atoms. The number of hydrogen-bond donors (Lipinski definition) is 1. The minimum atomic E-state index is -0.622. The van der Waals surface area contributed by atoms with Crippen LogP contribution in [0.2, 0.25) is 0 Å². The lowest BCUT2D eigenvalue weighted by molar-refractivity contribution is -0.142. The Morgan fingerprint density at radius 3 is 2.48 bits per heavy atom. The maximum absolute atomic E-state index is 12.0. The lowest BCUT2D eigenvalue weighted by Gasteiger charge is -2.09. The third-order valence-corrected chi connectivity index (χ3v) is 3.84. The van der Waals surface area contributed by atoms with Crippen molar-refractivity contribution in [1.82, 2.24) is 0 Å². The Morgan fingerprint density at radius 1 is 1.04 bits per heavy atom. The van der Waals surface area contributed by atoms with Gasteiger partial charge in [-0.15, -0.1) is 0 Å². The maximum Gasteiger partial charge on any atom is 0.331 e. The molecule has 2 aromatic rings. The minimum absolute atomic E-state index is 0.365. The molecular weight excluding hydrogens is 346 g/mol. The number of benzene rings is 2. The summed E-state index contributed by atoms with van der Waals surface area (Å²) in [5, 5.41) is 2.72. The van der Waals surface area contributed by atoms with Crippen molar-refractivity contribution in [3.05, 3.63) is 59.2 Å². The van der Waals surface area contributed by atoms with Crippen LogP contribution in [0.15, 0.2) is 42.5 Å². The number of esters is 1. The second kappa shape index (κ2) is 9.43. The van der Waals surface area contributed by atoms with Crippen LogP contribution in [-0.2, 0) is 14.3 Å². The zero-order valence-electron chi connectivity index (χ0n) is 15.9. The molecule has 0 bridgehead atoms. The standard InChI is InChI=1S/C21H23NO5/c1-14-5-9-18(15(2)11-14)22-20(23)13-27-21(24)10-7-16-6-8-17(25-3)12-19(16)26-4/h5-12H,13H2,1-4H3,(H,22,23)/b10-7+. The predicted molar refractivity (Wildman–Crippen MR) is 104 cm³/mol. The molecule has 142 valence electrons. The van der Waals surface area contributed by atoms with Crippen LogP contribution in [0.25, 0.3) is 6.08 Å². The van der Waals surface area contributed by atoms with Crippen molar-refractivity contribution in [3.8, 4) is 11.5 Å². The fraction of sp³-hybridized carbons (Fsp3) is 0.238. The Morgan fingerprint density at radius 2 is 1.81 bits per heavy atom. The zero-order valence-corrected chi connectivity index (χ0v) is 15.9. The molecule has 0 aliphatic carbocycles. The zero-order chi connectivity index (χ0) is 19.8. The molecule has 0 unspecified atom stereocenters. The quantitative estimate of drug-likeness (QED) is 0.597. The lowest BCUT2D eigenvalue weighted by atomic mass is 10.1. The topological polar surface area (TPSA) is 73.9 Å². The molecule has 1 amide bonds. The second-order valence-corrected chi connectivity index (χ2v) is 5.92. The van der Waals surface area contributed by atoms with Crippen LogP contribution in [-0.4, -0.2) is 32.7 Å². The molecule has 6 nitrogen and oxygen atoms in total. The van der Waals surface area contributed by atoms with Gasteiger partial charge in [0.05, 0.1) is 14.2 Å². The van der Waals surface area contributed by atoms with Gasteiger partial charge in [0.1, 0.15) is 11.5 Å². The lowest BCUT2D eigenvalue weighted by Crippen LogP contribution is -2.20. The molecule has 0 saturated carbocycles. The molecule has 0 aliphatic rings. The van der Waals surface area contributed by atoms with E-state index in [0.717, 1.165) is 11.1 Å². The number of carbonyl (C=O) groups excluding carboxylic acids is 2. The van der Waals surface area contributed by atoms with E-state index in [1.807, 2.05) is 32.0 Å². The number of hydrogen-bond acceptors (Lipinski definition) is 5. The number of carbonyl (C=O) groups is 2. The van der Waals surface area contributed by atoms with E-state index in [1.54, 1.807) is 31.4 Å². The summed E-state index contributed by atoms with van der Waals surface area (Å²) < 4.78 is 15.4. The Bertz CT molecular complexity index is 858. The van der Waals surface area contributed by atoms with Gasteiger partial charge in [-0.3, -0.25) is 4.79 Å². The average molecular weight is 369 g/mol. The Hall–Kier alpha value is -3.28. The van der Waals surface area contributed by atoms with Gasteiger partial charge in [-0.1, -0.05) is 17.7 Å². The van der Waals surface area contributed by atoms with E-state index < -0.39 is 11.9 Å². The molecule has 0 atom stereocenters. The van der Waals surface area contributed by atoms with Crippen LogP contribution in [0.3, 0.4) is 0 Å². The van der Waals surface area contributed by atoms with Gasteiger partial charge in [0.15, 0.2) is 6.61 Å². The number of methoxy groups -OCH3 is 2. The van der Waals surface area contributed by atoms with Gasteiger partial charge in [-0.25, -0.2) is 4.79 Å². The van der Waals surface area contributed by atoms with E-state index in [1.165, 1.54) is 13.2 Å². The molecule has 0 aliphatic heterocycles. The molecule has 0 aromatic heterocycles. The summed E-state index contributed by atoms with van der Waals surface area (Å²) in [5.41, 5.74) is 3.44. The number of amides is 1. The minimum Gasteiger partial charge on any atom is -0.497 e. The Labute approximate surface area is 158 Å². The molecule has 0 fully saturated rings. The molecule has 0 heterocycles. The van der Waals surface area contributed by atoms with Crippen molar-refractivity contribution in [3.63, 3.8) is 0 Å². The van der Waals surface area contributed by atoms with Crippen molar-refractivity contribution in [2.45, 2.75) is 13.8 Å². The molecule has 0 radical (unpaired) electrons. The first kappa shape index (κ1) is 20.0. The summed E-state index contributed by atoms with van der Waals surface area (Å²) in [6, 6.07) is 10.9. The highest BCUT2D eigenvalue weighted by Gasteiger charge is 2.08. The van der Waals surface area contributed by atoms with E-state index in [9.17, 15) is 9.59 Å². The normalized spacial score (nSPS) is 10.5. The molecule has 1 N–H and O–H groups in total. The molecule has 6 heteroatoms. The van der Waals surface area contributed by atoms with Crippen LogP contribution >= 0.6 is 0 Å². The highest BCUT2D eigenvalue weighted by Crippen LogP contribution is 2.25. The highest BCUT2D eigenvalue weighted by atomic mass is 16.5. The van der Waals surface area contributed by atoms with E-state index in [-0.39, 0.29) is 6.61 Å². The van der Waals surface area contributed by atoms with Gasteiger partial charge >= 0.3 is 5.97 Å². The highest BCUT2D eigenvalue weighted by molar-refractivity contribution is 5.95. The van der Waals surface area contributed by atoms with Crippen molar-refractivity contribution in [2.75, 3.05) is 26.1 Å². The number of nitrogens with one attached hydrogen (secondary N) is 1. The molecule has 2 rings (SSSR count).